The predicted molar refractivity (Wildman–Crippen MR) is 62.4 cm³/mol. The minimum absolute atomic E-state index is 0.381. The summed E-state index contributed by atoms with van der Waals surface area (Å²) in [6.07, 6.45) is 9.41. The van der Waals surface area contributed by atoms with Gasteiger partial charge in [0.25, 0.3) is 0 Å². The molecule has 14 heavy (non-hydrogen) atoms. The van der Waals surface area contributed by atoms with E-state index in [2.05, 4.69) is 18.9 Å². The zero-order chi connectivity index (χ0) is 10.4. The van der Waals surface area contributed by atoms with E-state index in [0.29, 0.717) is 6.04 Å². The van der Waals surface area contributed by atoms with Crippen LogP contribution in [0.2, 0.25) is 0 Å². The smallest absolute Gasteiger partial charge is 0.0167 e. The molecule has 1 saturated carbocycles. The second-order valence-corrected chi connectivity index (χ2v) is 4.78. The monoisotopic (exact) mass is 198 g/mol. The number of hydrogen-bond donors (Lipinski definition) is 1. The number of likely N-dealkylation sites (N-methyl/N-ethyl adjacent to an activating group) is 1. The Morgan fingerprint density at radius 3 is 2.50 bits per heavy atom. The molecule has 2 nitrogen and oxygen atoms in total. The highest BCUT2D eigenvalue weighted by Crippen LogP contribution is 2.21. The Labute approximate surface area is 88.8 Å². The predicted octanol–water partition coefficient (Wildman–Crippen LogP) is 2.38. The van der Waals surface area contributed by atoms with Crippen LogP contribution in [0.25, 0.3) is 0 Å². The fourth-order valence-corrected chi connectivity index (χ4v) is 2.50. The SMILES string of the molecule is CCC[C@@H](N)CN(C)C1CCCCC1. The van der Waals surface area contributed by atoms with Crippen LogP contribution in [-0.2, 0) is 0 Å². The van der Waals surface area contributed by atoms with Crippen molar-refractivity contribution < 1.29 is 0 Å². The first-order valence-corrected chi connectivity index (χ1v) is 6.20. The van der Waals surface area contributed by atoms with Gasteiger partial charge in [-0.1, -0.05) is 32.6 Å². The van der Waals surface area contributed by atoms with Crippen molar-refractivity contribution in [2.24, 2.45) is 5.73 Å². The molecular formula is C12H26N2. The van der Waals surface area contributed by atoms with Crippen molar-refractivity contribution in [3.05, 3.63) is 0 Å². The molecule has 1 fully saturated rings. The van der Waals surface area contributed by atoms with E-state index in [1.165, 1.54) is 38.5 Å². The molecule has 1 aliphatic carbocycles. The van der Waals surface area contributed by atoms with Gasteiger partial charge < -0.3 is 10.6 Å². The van der Waals surface area contributed by atoms with E-state index in [4.69, 9.17) is 5.73 Å². The molecule has 0 aromatic rings. The summed E-state index contributed by atoms with van der Waals surface area (Å²) in [5.74, 6) is 0. The molecule has 1 atom stereocenters. The fourth-order valence-electron chi connectivity index (χ4n) is 2.50. The van der Waals surface area contributed by atoms with Gasteiger partial charge in [-0.25, -0.2) is 0 Å². The van der Waals surface area contributed by atoms with Crippen molar-refractivity contribution in [1.29, 1.82) is 0 Å². The van der Waals surface area contributed by atoms with Crippen molar-refractivity contribution >= 4 is 0 Å². The Hall–Kier alpha value is -0.0800. The van der Waals surface area contributed by atoms with E-state index >= 15 is 0 Å². The van der Waals surface area contributed by atoms with Crippen LogP contribution in [0, 0.1) is 0 Å². The number of rotatable bonds is 5. The van der Waals surface area contributed by atoms with Gasteiger partial charge in [-0.3, -0.25) is 0 Å². The summed E-state index contributed by atoms with van der Waals surface area (Å²) < 4.78 is 0. The molecule has 1 rings (SSSR count). The maximum absolute atomic E-state index is 6.05. The van der Waals surface area contributed by atoms with Gasteiger partial charge in [0.2, 0.25) is 0 Å². The highest BCUT2D eigenvalue weighted by atomic mass is 15.1. The second kappa shape index (κ2) is 6.41. The average molecular weight is 198 g/mol. The standard InChI is InChI=1S/C12H26N2/c1-3-7-11(13)10-14(2)12-8-5-4-6-9-12/h11-12H,3-10,13H2,1-2H3/t11-/m1/s1. The lowest BCUT2D eigenvalue weighted by atomic mass is 9.94. The van der Waals surface area contributed by atoms with Gasteiger partial charge in [0.05, 0.1) is 0 Å². The molecule has 0 aromatic carbocycles. The molecule has 0 radical (unpaired) electrons. The fraction of sp³-hybridized carbons (Fsp3) is 1.00. The van der Waals surface area contributed by atoms with Crippen LogP contribution in [0.15, 0.2) is 0 Å². The van der Waals surface area contributed by atoms with Crippen molar-refractivity contribution in [2.45, 2.75) is 64.0 Å². The molecule has 0 aliphatic heterocycles. The van der Waals surface area contributed by atoms with Crippen molar-refractivity contribution in [3.8, 4) is 0 Å². The van der Waals surface area contributed by atoms with Crippen molar-refractivity contribution in [2.75, 3.05) is 13.6 Å². The average Bonchev–Trinajstić information content (AvgIpc) is 2.19. The Balaban J connectivity index is 2.21. The van der Waals surface area contributed by atoms with Gasteiger partial charge in [-0.2, -0.15) is 0 Å². The minimum atomic E-state index is 0.381. The molecule has 0 aromatic heterocycles. The normalized spacial score (nSPS) is 21.4. The Bertz CT molecular complexity index is 141. The first-order valence-electron chi connectivity index (χ1n) is 6.20. The third-order valence-electron chi connectivity index (χ3n) is 3.38. The molecule has 2 heteroatoms. The Kier molecular flexibility index (Phi) is 5.49. The lowest BCUT2D eigenvalue weighted by Gasteiger charge is -2.32. The summed E-state index contributed by atoms with van der Waals surface area (Å²) in [6.45, 7) is 3.29. The molecule has 2 N–H and O–H groups in total. The minimum Gasteiger partial charge on any atom is -0.327 e. The van der Waals surface area contributed by atoms with E-state index < -0.39 is 0 Å². The summed E-state index contributed by atoms with van der Waals surface area (Å²) >= 11 is 0. The number of hydrogen-bond acceptors (Lipinski definition) is 2. The van der Waals surface area contributed by atoms with E-state index in [1.54, 1.807) is 0 Å². The summed E-state index contributed by atoms with van der Waals surface area (Å²) in [6, 6.07) is 1.19. The van der Waals surface area contributed by atoms with Crippen LogP contribution in [0.1, 0.15) is 51.9 Å². The highest BCUT2D eigenvalue weighted by molar-refractivity contribution is 4.76. The third kappa shape index (κ3) is 3.97. The molecule has 0 bridgehead atoms. The lowest BCUT2D eigenvalue weighted by Crippen LogP contribution is -2.41. The summed E-state index contributed by atoms with van der Waals surface area (Å²) in [5, 5.41) is 0. The van der Waals surface area contributed by atoms with E-state index in [1.807, 2.05) is 0 Å². The van der Waals surface area contributed by atoms with Crippen LogP contribution < -0.4 is 5.73 Å². The molecule has 1 aliphatic rings. The molecule has 0 unspecified atom stereocenters. The maximum atomic E-state index is 6.05. The Morgan fingerprint density at radius 2 is 1.93 bits per heavy atom. The molecule has 84 valence electrons. The van der Waals surface area contributed by atoms with Crippen LogP contribution in [-0.4, -0.2) is 30.6 Å². The quantitative estimate of drug-likeness (QED) is 0.735. The van der Waals surface area contributed by atoms with Gasteiger partial charge in [0.15, 0.2) is 0 Å². The van der Waals surface area contributed by atoms with E-state index in [0.717, 1.165) is 19.0 Å². The van der Waals surface area contributed by atoms with Crippen LogP contribution in [0.3, 0.4) is 0 Å². The molecule has 0 spiro atoms. The largest absolute Gasteiger partial charge is 0.327 e. The highest BCUT2D eigenvalue weighted by Gasteiger charge is 2.18. The van der Waals surface area contributed by atoms with Gasteiger partial charge in [0, 0.05) is 18.6 Å². The maximum Gasteiger partial charge on any atom is 0.0167 e. The van der Waals surface area contributed by atoms with Crippen LogP contribution >= 0.6 is 0 Å². The molecular weight excluding hydrogens is 172 g/mol. The first kappa shape index (κ1) is 12.0. The van der Waals surface area contributed by atoms with E-state index in [9.17, 15) is 0 Å². The number of nitrogens with two attached hydrogens (primary N) is 1. The Morgan fingerprint density at radius 1 is 1.29 bits per heavy atom. The summed E-state index contributed by atoms with van der Waals surface area (Å²) in [4.78, 5) is 2.49. The van der Waals surface area contributed by atoms with E-state index in [-0.39, 0.29) is 0 Å². The second-order valence-electron chi connectivity index (χ2n) is 4.78. The third-order valence-corrected chi connectivity index (χ3v) is 3.38. The first-order chi connectivity index (χ1) is 6.74. The summed E-state index contributed by atoms with van der Waals surface area (Å²) in [5.41, 5.74) is 6.05. The number of nitrogens with zero attached hydrogens (tertiary/aromatic N) is 1. The molecule has 0 saturated heterocycles. The van der Waals surface area contributed by atoms with Crippen molar-refractivity contribution in [1.82, 2.24) is 4.90 Å². The molecule has 0 amide bonds. The van der Waals surface area contributed by atoms with Gasteiger partial charge in [0.1, 0.15) is 0 Å². The topological polar surface area (TPSA) is 29.3 Å². The van der Waals surface area contributed by atoms with Crippen LogP contribution in [0.4, 0.5) is 0 Å². The molecule has 0 heterocycles. The van der Waals surface area contributed by atoms with Crippen molar-refractivity contribution in [3.63, 3.8) is 0 Å². The zero-order valence-corrected chi connectivity index (χ0v) is 9.84. The summed E-state index contributed by atoms with van der Waals surface area (Å²) in [7, 11) is 2.24. The van der Waals surface area contributed by atoms with Gasteiger partial charge >= 0.3 is 0 Å². The lowest BCUT2D eigenvalue weighted by molar-refractivity contribution is 0.180. The zero-order valence-electron chi connectivity index (χ0n) is 9.84. The van der Waals surface area contributed by atoms with Crippen LogP contribution in [0.5, 0.6) is 0 Å². The van der Waals surface area contributed by atoms with Gasteiger partial charge in [-0.15, -0.1) is 0 Å². The van der Waals surface area contributed by atoms with Gasteiger partial charge in [-0.05, 0) is 26.3 Å².